The van der Waals surface area contributed by atoms with Gasteiger partial charge in [0.25, 0.3) is 0 Å². The second kappa shape index (κ2) is 4.35. The molecule has 0 bridgehead atoms. The maximum Gasteiger partial charge on any atom is 0.151 e. The molecule has 2 unspecified atom stereocenters. The maximum absolute atomic E-state index is 11.5. The molecular formula is C12H18N2O3S. The summed E-state index contributed by atoms with van der Waals surface area (Å²) >= 11 is 0. The van der Waals surface area contributed by atoms with Gasteiger partial charge in [-0.05, 0) is 25.2 Å². The van der Waals surface area contributed by atoms with E-state index in [1.165, 1.54) is 0 Å². The first-order chi connectivity index (χ1) is 8.59. The monoisotopic (exact) mass is 270 g/mol. The maximum atomic E-state index is 11.5. The lowest BCUT2D eigenvalue weighted by Gasteiger charge is -2.24. The number of fused-ring (bicyclic) bond motifs is 1. The first kappa shape index (κ1) is 12.2. The van der Waals surface area contributed by atoms with E-state index in [0.29, 0.717) is 18.1 Å². The van der Waals surface area contributed by atoms with Crippen molar-refractivity contribution in [2.45, 2.75) is 31.7 Å². The summed E-state index contributed by atoms with van der Waals surface area (Å²) in [5.74, 6) is 1.86. The lowest BCUT2D eigenvalue weighted by atomic mass is 9.97. The molecule has 1 fully saturated rings. The van der Waals surface area contributed by atoms with Crippen LogP contribution < -0.4 is 0 Å². The molecule has 0 amide bonds. The second-order valence-corrected chi connectivity index (χ2v) is 7.63. The molecule has 2 atom stereocenters. The molecule has 0 spiro atoms. The third-order valence-electron chi connectivity index (χ3n) is 4.08. The van der Waals surface area contributed by atoms with Crippen molar-refractivity contribution in [1.29, 1.82) is 0 Å². The molecule has 0 aliphatic carbocycles. The summed E-state index contributed by atoms with van der Waals surface area (Å²) in [6, 6.07) is 0. The van der Waals surface area contributed by atoms with Crippen molar-refractivity contribution < 1.29 is 13.5 Å². The SMILES string of the molecule is O=S1(=O)CCC(c2ncc3n2CCC(CO)C3)C1. The molecule has 18 heavy (non-hydrogen) atoms. The third-order valence-corrected chi connectivity index (χ3v) is 5.85. The summed E-state index contributed by atoms with van der Waals surface area (Å²) < 4.78 is 25.2. The van der Waals surface area contributed by atoms with Crippen molar-refractivity contribution in [3.8, 4) is 0 Å². The van der Waals surface area contributed by atoms with Gasteiger partial charge in [-0.1, -0.05) is 0 Å². The Kier molecular flexibility index (Phi) is 2.94. The van der Waals surface area contributed by atoms with Gasteiger partial charge in [-0.3, -0.25) is 0 Å². The van der Waals surface area contributed by atoms with E-state index < -0.39 is 9.84 Å². The van der Waals surface area contributed by atoms with Crippen LogP contribution in [0.2, 0.25) is 0 Å². The second-order valence-electron chi connectivity index (χ2n) is 5.40. The number of rotatable bonds is 2. The molecule has 0 saturated carbocycles. The number of nitrogens with zero attached hydrogens (tertiary/aromatic N) is 2. The largest absolute Gasteiger partial charge is 0.396 e. The fourth-order valence-corrected chi connectivity index (χ4v) is 4.78. The molecule has 1 saturated heterocycles. The minimum Gasteiger partial charge on any atom is -0.396 e. The highest BCUT2D eigenvalue weighted by molar-refractivity contribution is 7.91. The molecule has 1 N–H and O–H groups in total. The number of hydrogen-bond acceptors (Lipinski definition) is 4. The van der Waals surface area contributed by atoms with E-state index in [0.717, 1.165) is 30.9 Å². The Hall–Kier alpha value is -0.880. The standard InChI is InChI=1S/C12H18N2O3S/c15-7-9-1-3-14-11(5-9)6-13-12(14)10-2-4-18(16,17)8-10/h6,9-10,15H,1-5,7-8H2. The predicted molar refractivity (Wildman–Crippen MR) is 67.1 cm³/mol. The predicted octanol–water partition coefficient (Wildman–Crippen LogP) is 0.340. The van der Waals surface area contributed by atoms with Crippen molar-refractivity contribution in [3.05, 3.63) is 17.7 Å². The van der Waals surface area contributed by atoms with Gasteiger partial charge in [0.15, 0.2) is 9.84 Å². The van der Waals surface area contributed by atoms with Crippen LogP contribution in [0.15, 0.2) is 6.20 Å². The van der Waals surface area contributed by atoms with Crippen molar-refractivity contribution in [2.75, 3.05) is 18.1 Å². The van der Waals surface area contributed by atoms with E-state index in [1.807, 2.05) is 6.20 Å². The van der Waals surface area contributed by atoms with Crippen LogP contribution in [0.1, 0.15) is 30.3 Å². The highest BCUT2D eigenvalue weighted by Crippen LogP contribution is 2.31. The summed E-state index contributed by atoms with van der Waals surface area (Å²) in [7, 11) is -2.86. The lowest BCUT2D eigenvalue weighted by Crippen LogP contribution is -2.23. The zero-order valence-corrected chi connectivity index (χ0v) is 11.1. The van der Waals surface area contributed by atoms with Gasteiger partial charge < -0.3 is 9.67 Å². The minimum absolute atomic E-state index is 0.0643. The molecule has 100 valence electrons. The van der Waals surface area contributed by atoms with Crippen LogP contribution in [0.5, 0.6) is 0 Å². The Morgan fingerprint density at radius 1 is 1.44 bits per heavy atom. The van der Waals surface area contributed by atoms with E-state index in [-0.39, 0.29) is 18.3 Å². The molecule has 0 radical (unpaired) electrons. The molecular weight excluding hydrogens is 252 g/mol. The van der Waals surface area contributed by atoms with E-state index in [9.17, 15) is 13.5 Å². The van der Waals surface area contributed by atoms with Crippen LogP contribution in [0.3, 0.4) is 0 Å². The summed E-state index contributed by atoms with van der Waals surface area (Å²) in [6.07, 6.45) is 4.35. The normalized spacial score (nSPS) is 30.3. The summed E-state index contributed by atoms with van der Waals surface area (Å²) in [5.41, 5.74) is 1.14. The Morgan fingerprint density at radius 3 is 2.94 bits per heavy atom. The average molecular weight is 270 g/mol. The number of aliphatic hydroxyl groups excluding tert-OH is 1. The van der Waals surface area contributed by atoms with E-state index in [2.05, 4.69) is 9.55 Å². The van der Waals surface area contributed by atoms with E-state index >= 15 is 0 Å². The third kappa shape index (κ3) is 2.07. The Balaban J connectivity index is 1.86. The van der Waals surface area contributed by atoms with Gasteiger partial charge in [0.2, 0.25) is 0 Å². The quantitative estimate of drug-likeness (QED) is 0.841. The smallest absolute Gasteiger partial charge is 0.151 e. The topological polar surface area (TPSA) is 72.2 Å². The Labute approximate surface area is 107 Å². The molecule has 2 aliphatic rings. The van der Waals surface area contributed by atoms with E-state index in [4.69, 9.17) is 0 Å². The van der Waals surface area contributed by atoms with Crippen molar-refractivity contribution >= 4 is 9.84 Å². The minimum atomic E-state index is -2.86. The molecule has 0 aromatic carbocycles. The summed E-state index contributed by atoms with van der Waals surface area (Å²) in [4.78, 5) is 4.43. The van der Waals surface area contributed by atoms with Crippen LogP contribution in [-0.2, 0) is 22.8 Å². The molecule has 1 aromatic rings. The van der Waals surface area contributed by atoms with Crippen molar-refractivity contribution in [1.82, 2.24) is 9.55 Å². The van der Waals surface area contributed by atoms with E-state index in [1.54, 1.807) is 0 Å². The van der Waals surface area contributed by atoms with Crippen molar-refractivity contribution in [2.24, 2.45) is 5.92 Å². The fraction of sp³-hybridized carbons (Fsp3) is 0.750. The lowest BCUT2D eigenvalue weighted by molar-refractivity contribution is 0.200. The average Bonchev–Trinajstić information content (AvgIpc) is 2.91. The van der Waals surface area contributed by atoms with Gasteiger partial charge in [-0.25, -0.2) is 13.4 Å². The van der Waals surface area contributed by atoms with Gasteiger partial charge in [-0.2, -0.15) is 0 Å². The summed E-state index contributed by atoms with van der Waals surface area (Å²) in [6.45, 7) is 1.07. The van der Waals surface area contributed by atoms with Crippen LogP contribution in [0.25, 0.3) is 0 Å². The molecule has 6 heteroatoms. The van der Waals surface area contributed by atoms with Gasteiger partial charge in [0, 0.05) is 31.0 Å². The Morgan fingerprint density at radius 2 is 2.28 bits per heavy atom. The zero-order valence-electron chi connectivity index (χ0n) is 10.2. The van der Waals surface area contributed by atoms with Crippen LogP contribution in [0, 0.1) is 5.92 Å². The fourth-order valence-electron chi connectivity index (χ4n) is 3.04. The van der Waals surface area contributed by atoms with Crippen LogP contribution in [0.4, 0.5) is 0 Å². The highest BCUT2D eigenvalue weighted by atomic mass is 32.2. The number of hydrogen-bond donors (Lipinski definition) is 1. The molecule has 3 heterocycles. The first-order valence-corrected chi connectivity index (χ1v) is 8.27. The number of imidazole rings is 1. The molecule has 5 nitrogen and oxygen atoms in total. The highest BCUT2D eigenvalue weighted by Gasteiger charge is 2.33. The molecule has 1 aromatic heterocycles. The van der Waals surface area contributed by atoms with Gasteiger partial charge >= 0.3 is 0 Å². The number of sulfone groups is 1. The first-order valence-electron chi connectivity index (χ1n) is 6.44. The van der Waals surface area contributed by atoms with Gasteiger partial charge in [0.05, 0.1) is 11.5 Å². The zero-order chi connectivity index (χ0) is 12.8. The van der Waals surface area contributed by atoms with Crippen LogP contribution in [-0.4, -0.2) is 41.2 Å². The molecule has 2 aliphatic heterocycles. The molecule has 3 rings (SSSR count). The summed E-state index contributed by atoms with van der Waals surface area (Å²) in [5, 5.41) is 9.19. The Bertz CT molecular complexity index is 550. The van der Waals surface area contributed by atoms with Crippen LogP contribution >= 0.6 is 0 Å². The number of aliphatic hydroxyl groups is 1. The van der Waals surface area contributed by atoms with Gasteiger partial charge in [0.1, 0.15) is 5.82 Å². The van der Waals surface area contributed by atoms with Gasteiger partial charge in [-0.15, -0.1) is 0 Å². The number of aromatic nitrogens is 2. The van der Waals surface area contributed by atoms with Crippen molar-refractivity contribution in [3.63, 3.8) is 0 Å².